The quantitative estimate of drug-likeness (QED) is 0.220. The lowest BCUT2D eigenvalue weighted by atomic mass is 9.99. The molecule has 2 aromatic carbocycles. The van der Waals surface area contributed by atoms with Crippen molar-refractivity contribution in [2.75, 3.05) is 26.4 Å². The highest BCUT2D eigenvalue weighted by Gasteiger charge is 2.37. The van der Waals surface area contributed by atoms with Gasteiger partial charge < -0.3 is 14.2 Å². The summed E-state index contributed by atoms with van der Waals surface area (Å²) in [6.45, 7) is 3.76. The Morgan fingerprint density at radius 2 is 1.35 bits per heavy atom. The van der Waals surface area contributed by atoms with E-state index in [1.54, 1.807) is 0 Å². The van der Waals surface area contributed by atoms with Gasteiger partial charge in [0.15, 0.2) is 0 Å². The second kappa shape index (κ2) is 10.3. The van der Waals surface area contributed by atoms with Crippen molar-refractivity contribution in [3.05, 3.63) is 66.2 Å². The highest BCUT2D eigenvalue weighted by molar-refractivity contribution is 5.81. The topological polar surface area (TPSA) is 44.8 Å². The van der Waals surface area contributed by atoms with Gasteiger partial charge in [-0.1, -0.05) is 18.7 Å². The van der Waals surface area contributed by atoms with Crippen LogP contribution in [0, 0.1) is 0 Å². The second-order valence-corrected chi connectivity index (χ2v) is 6.15. The maximum Gasteiger partial charge on any atom is 0.416 e. The first-order chi connectivity index (χ1) is 14.5. The highest BCUT2D eigenvalue weighted by atomic mass is 19.4. The van der Waals surface area contributed by atoms with Gasteiger partial charge in [0.1, 0.15) is 19.0 Å². The zero-order chi connectivity index (χ0) is 23.1. The molecule has 0 heterocycles. The van der Waals surface area contributed by atoms with Crippen molar-refractivity contribution in [2.45, 2.75) is 12.4 Å². The van der Waals surface area contributed by atoms with Gasteiger partial charge in [-0.3, -0.25) is 0 Å². The van der Waals surface area contributed by atoms with Gasteiger partial charge in [-0.05, 0) is 41.5 Å². The normalized spacial score (nSPS) is 11.8. The van der Waals surface area contributed by atoms with Crippen LogP contribution in [-0.4, -0.2) is 32.4 Å². The van der Waals surface area contributed by atoms with Crippen LogP contribution in [0.1, 0.15) is 11.1 Å². The van der Waals surface area contributed by atoms with E-state index >= 15 is 0 Å². The number of benzene rings is 2. The molecule has 0 amide bonds. The van der Waals surface area contributed by atoms with Gasteiger partial charge in [-0.2, -0.15) is 26.3 Å². The monoisotopic (exact) mass is 448 g/mol. The Bertz CT molecular complexity index is 856. The van der Waals surface area contributed by atoms with Gasteiger partial charge in [-0.15, -0.1) is 0 Å². The largest absolute Gasteiger partial charge is 0.491 e. The summed E-state index contributed by atoms with van der Waals surface area (Å²) in [6, 6.07) is 6.99. The first-order valence-corrected chi connectivity index (χ1v) is 8.90. The summed E-state index contributed by atoms with van der Waals surface area (Å²) in [6.07, 6.45) is -8.80. The predicted molar refractivity (Wildman–Crippen MR) is 99.4 cm³/mol. The number of carbonyl (C=O) groups is 1. The van der Waals surface area contributed by atoms with Crippen LogP contribution in [0.15, 0.2) is 55.1 Å². The van der Waals surface area contributed by atoms with Gasteiger partial charge in [0, 0.05) is 6.08 Å². The molecule has 0 saturated heterocycles. The van der Waals surface area contributed by atoms with Crippen molar-refractivity contribution in [1.29, 1.82) is 0 Å². The van der Waals surface area contributed by atoms with E-state index in [4.69, 9.17) is 14.2 Å². The molecule has 0 saturated carbocycles. The lowest BCUT2D eigenvalue weighted by Crippen LogP contribution is -2.12. The molecule has 0 N–H and O–H groups in total. The summed E-state index contributed by atoms with van der Waals surface area (Å²) >= 11 is 0. The maximum atomic E-state index is 13.0. The first kappa shape index (κ1) is 24.3. The Kier molecular flexibility index (Phi) is 8.09. The van der Waals surface area contributed by atoms with Crippen molar-refractivity contribution < 1.29 is 45.3 Å². The van der Waals surface area contributed by atoms with Crippen molar-refractivity contribution in [3.8, 4) is 16.9 Å². The van der Waals surface area contributed by atoms with Gasteiger partial charge in [0.2, 0.25) is 0 Å². The smallest absolute Gasteiger partial charge is 0.416 e. The van der Waals surface area contributed by atoms with Crippen LogP contribution in [0.2, 0.25) is 0 Å². The Balaban J connectivity index is 1.98. The molecule has 0 atom stereocenters. The van der Waals surface area contributed by atoms with Crippen molar-refractivity contribution in [1.82, 2.24) is 0 Å². The summed E-state index contributed by atoms with van der Waals surface area (Å²) in [7, 11) is 0. The number of rotatable bonds is 9. The van der Waals surface area contributed by atoms with E-state index < -0.39 is 29.4 Å². The molecule has 0 radical (unpaired) electrons. The zero-order valence-corrected chi connectivity index (χ0v) is 16.1. The van der Waals surface area contributed by atoms with E-state index in [0.29, 0.717) is 17.9 Å². The summed E-state index contributed by atoms with van der Waals surface area (Å²) < 4.78 is 93.3. The molecule has 0 fully saturated rings. The first-order valence-electron chi connectivity index (χ1n) is 8.90. The molecule has 0 bridgehead atoms. The fourth-order valence-corrected chi connectivity index (χ4v) is 2.45. The summed E-state index contributed by atoms with van der Waals surface area (Å²) in [5, 5.41) is 0. The number of hydrogen-bond donors (Lipinski definition) is 0. The van der Waals surface area contributed by atoms with Crippen molar-refractivity contribution in [2.24, 2.45) is 0 Å². The Morgan fingerprint density at radius 3 is 1.87 bits per heavy atom. The van der Waals surface area contributed by atoms with Crippen LogP contribution in [0.3, 0.4) is 0 Å². The molecular weight excluding hydrogens is 430 g/mol. The molecule has 10 heteroatoms. The van der Waals surface area contributed by atoms with Gasteiger partial charge in [0.25, 0.3) is 0 Å². The van der Waals surface area contributed by atoms with Gasteiger partial charge in [0.05, 0.1) is 24.3 Å². The molecule has 31 heavy (non-hydrogen) atoms. The molecule has 4 nitrogen and oxygen atoms in total. The predicted octanol–water partition coefficient (Wildman–Crippen LogP) is 5.52. The number of esters is 1. The summed E-state index contributed by atoms with van der Waals surface area (Å²) in [5.41, 5.74) is -2.81. The van der Waals surface area contributed by atoms with E-state index in [-0.39, 0.29) is 43.6 Å². The summed E-state index contributed by atoms with van der Waals surface area (Å²) in [4.78, 5) is 10.8. The Hall–Kier alpha value is -3.01. The van der Waals surface area contributed by atoms with E-state index in [1.807, 2.05) is 0 Å². The minimum absolute atomic E-state index is 0.0520. The average Bonchev–Trinajstić information content (AvgIpc) is 2.71. The molecule has 0 unspecified atom stereocenters. The van der Waals surface area contributed by atoms with Crippen molar-refractivity contribution >= 4 is 5.97 Å². The van der Waals surface area contributed by atoms with Crippen LogP contribution in [0.5, 0.6) is 5.75 Å². The minimum Gasteiger partial charge on any atom is -0.491 e. The van der Waals surface area contributed by atoms with E-state index in [1.165, 1.54) is 24.3 Å². The number of carbonyl (C=O) groups excluding carboxylic acids is 1. The third-order valence-corrected chi connectivity index (χ3v) is 3.91. The molecule has 0 aliphatic heterocycles. The van der Waals surface area contributed by atoms with Crippen molar-refractivity contribution in [3.63, 3.8) is 0 Å². The molecule has 0 aliphatic carbocycles. The molecule has 0 aromatic heterocycles. The van der Waals surface area contributed by atoms with Crippen LogP contribution in [0.25, 0.3) is 11.1 Å². The number of halogens is 6. The molecule has 168 valence electrons. The van der Waals surface area contributed by atoms with Crippen LogP contribution in [0.4, 0.5) is 26.3 Å². The third-order valence-electron chi connectivity index (χ3n) is 3.91. The SMILES string of the molecule is C=CC(=O)OCCOCCOc1ccc(-c2cc(C(F)(F)F)cc(C(F)(F)F)c2)cc1. The molecule has 2 aromatic rings. The van der Waals surface area contributed by atoms with Crippen LogP contribution in [-0.2, 0) is 26.6 Å². The van der Waals surface area contributed by atoms with E-state index in [9.17, 15) is 31.1 Å². The zero-order valence-electron chi connectivity index (χ0n) is 16.1. The Labute approximate surface area is 174 Å². The molecule has 0 aliphatic rings. The molecule has 2 rings (SSSR count). The molecular formula is C21H18F6O4. The lowest BCUT2D eigenvalue weighted by Gasteiger charge is -2.14. The van der Waals surface area contributed by atoms with E-state index in [0.717, 1.165) is 6.08 Å². The van der Waals surface area contributed by atoms with Gasteiger partial charge >= 0.3 is 18.3 Å². The number of alkyl halides is 6. The molecule has 0 spiro atoms. The number of ether oxygens (including phenoxy) is 3. The standard InChI is InChI=1S/C21H18F6O4/c1-2-19(28)31-10-8-29-7-9-30-18-5-3-14(4-6-18)15-11-16(20(22,23)24)13-17(12-15)21(25,26)27/h2-6,11-13H,1,7-10H2. The summed E-state index contributed by atoms with van der Waals surface area (Å²) in [5.74, 6) is -0.212. The minimum atomic E-state index is -4.91. The Morgan fingerprint density at radius 1 is 0.806 bits per heavy atom. The highest BCUT2D eigenvalue weighted by Crippen LogP contribution is 2.38. The fourth-order valence-electron chi connectivity index (χ4n) is 2.45. The maximum absolute atomic E-state index is 13.0. The average molecular weight is 448 g/mol. The van der Waals surface area contributed by atoms with Gasteiger partial charge in [-0.25, -0.2) is 4.79 Å². The fraction of sp³-hybridized carbons (Fsp3) is 0.286. The van der Waals surface area contributed by atoms with Crippen LogP contribution < -0.4 is 4.74 Å². The van der Waals surface area contributed by atoms with E-state index in [2.05, 4.69) is 6.58 Å². The lowest BCUT2D eigenvalue weighted by molar-refractivity contribution is -0.143. The third kappa shape index (κ3) is 7.63. The second-order valence-electron chi connectivity index (χ2n) is 6.15. The van der Waals surface area contributed by atoms with Crippen LogP contribution >= 0.6 is 0 Å². The number of hydrogen-bond acceptors (Lipinski definition) is 4.